The highest BCUT2D eigenvalue weighted by Gasteiger charge is 2.12. The lowest BCUT2D eigenvalue weighted by molar-refractivity contribution is 0.305. The molecule has 20 bridgehead atoms. The van der Waals surface area contributed by atoms with Crippen LogP contribution in [0.25, 0.3) is 108 Å². The zero-order chi connectivity index (χ0) is 86.4. The van der Waals surface area contributed by atoms with Crippen LogP contribution in [0.2, 0.25) is 0 Å². The number of unbranched alkanes of at least 4 members (excludes halogenated alkanes) is 24. The molecule has 124 heavy (non-hydrogen) atoms. The molecule has 10 aromatic heterocycles. The average Bonchev–Trinajstić information content (AvgIpc) is 0.781. The standard InChI is InChI=1S/C117H133N3O4/c1-9-17-25-33-43-100-86-112-104(45-35-27-19-11-3)83-102(100)63-59-98-73-96(79-110(81-98)123-69-39-31-23-15-7)57-55-94-71-92(75-108(77-94)121-67-37-29-21-13-5)53-51-90-61-65-114(118-88-90)116-49-42-50-117(120-116)115-66-62-91(89-119-115)52-54-93-72-95(78-109(76-93)122-68-38-30-22-14-6)56-58-97-74-99(82-111(80-97)124-70-40-32-24-16-8)60-64-103-84-105(46-36-28-20-12-4)113(107-48-41-47-106(112)85-107)87-101(103)44-34-26-18-10-2/h41-42,47-50,61-62,65-66,71-89H,9-40,43-46,67-70H2,1-8H3. The molecule has 0 aliphatic heterocycles. The molecule has 0 aliphatic carbocycles. The second kappa shape index (κ2) is 52.9. The molecule has 7 heteroatoms. The molecule has 0 fully saturated rings. The van der Waals surface area contributed by atoms with Crippen molar-refractivity contribution < 1.29 is 18.9 Å². The van der Waals surface area contributed by atoms with Gasteiger partial charge >= 0.3 is 0 Å². The Balaban J connectivity index is 1.16. The molecule has 0 N–H and O–H groups in total. The zero-order valence-electron chi connectivity index (χ0n) is 76.0. The Morgan fingerprint density at radius 2 is 0.484 bits per heavy atom. The molecule has 0 unspecified atom stereocenters. The van der Waals surface area contributed by atoms with Crippen LogP contribution < -0.4 is 18.9 Å². The lowest BCUT2D eigenvalue weighted by Crippen LogP contribution is -1.97. The summed E-state index contributed by atoms with van der Waals surface area (Å²) in [6.07, 6.45) is 43.8. The number of ether oxygens (including phenoxy) is 4. The fraction of sp³-hybridized carbons (Fsp3) is 0.410. The molecule has 640 valence electrons. The third kappa shape index (κ3) is 31.1. The fourth-order valence-electron chi connectivity index (χ4n) is 15.8. The van der Waals surface area contributed by atoms with Crippen molar-refractivity contribution in [2.24, 2.45) is 0 Å². The maximum Gasteiger partial charge on any atom is 0.121 e. The van der Waals surface area contributed by atoms with E-state index in [1.807, 2.05) is 79.1 Å². The summed E-state index contributed by atoms with van der Waals surface area (Å²) >= 11 is 0. The van der Waals surface area contributed by atoms with Crippen molar-refractivity contribution in [1.82, 2.24) is 15.0 Å². The number of pyridine rings is 3. The van der Waals surface area contributed by atoms with Gasteiger partial charge in [-0.1, -0.05) is 307 Å². The van der Waals surface area contributed by atoms with E-state index in [0.29, 0.717) is 26.4 Å². The lowest BCUT2D eigenvalue weighted by Gasteiger charge is -2.12. The second-order valence-electron chi connectivity index (χ2n) is 33.5. The second-order valence-corrected chi connectivity index (χ2v) is 33.5. The maximum absolute atomic E-state index is 6.63. The number of hydrogen-bond acceptors (Lipinski definition) is 7. The summed E-state index contributed by atoms with van der Waals surface area (Å²) in [5.41, 5.74) is 8.20. The van der Waals surface area contributed by atoms with Gasteiger partial charge in [0.15, 0.2) is 0 Å². The third-order valence-electron chi connectivity index (χ3n) is 22.9. The van der Waals surface area contributed by atoms with E-state index in [9.17, 15) is 0 Å². The van der Waals surface area contributed by atoms with Gasteiger partial charge in [0.05, 0.1) is 48.5 Å². The Morgan fingerprint density at radius 3 is 0.766 bits per heavy atom. The highest BCUT2D eigenvalue weighted by molar-refractivity contribution is 5.96. The Hall–Kier alpha value is -11.5. The summed E-state index contributed by atoms with van der Waals surface area (Å²) in [5.74, 6) is 3.03. The first kappa shape index (κ1) is 93.3. The first-order chi connectivity index (χ1) is 61.1. The van der Waals surface area contributed by atoms with Crippen LogP contribution in [0.5, 0.6) is 23.0 Å². The highest BCUT2D eigenvalue weighted by Crippen LogP contribution is 2.32. The zero-order valence-corrected chi connectivity index (χ0v) is 76.0. The van der Waals surface area contributed by atoms with Gasteiger partial charge in [-0.3, -0.25) is 9.97 Å². The van der Waals surface area contributed by atoms with Crippen LogP contribution in [-0.4, -0.2) is 41.4 Å². The summed E-state index contributed by atoms with van der Waals surface area (Å²) in [6, 6.07) is 101. The summed E-state index contributed by atoms with van der Waals surface area (Å²) < 4.78 is 26.3. The summed E-state index contributed by atoms with van der Waals surface area (Å²) in [5, 5.41) is 15.5. The van der Waals surface area contributed by atoms with Crippen LogP contribution in [0.1, 0.15) is 283 Å². The molecule has 7 nitrogen and oxygen atoms in total. The van der Waals surface area contributed by atoms with Crippen molar-refractivity contribution in [2.75, 3.05) is 26.4 Å². The molecule has 7 aromatic carbocycles. The van der Waals surface area contributed by atoms with Crippen LogP contribution in [0.4, 0.5) is 0 Å². The topological polar surface area (TPSA) is 75.6 Å². The first-order valence-electron chi connectivity index (χ1n) is 47.7. The number of aromatic nitrogens is 3. The molecule has 17 rings (SSSR count). The number of aryl methyl sites for hydroxylation is 4. The minimum Gasteiger partial charge on any atom is -0.494 e. The van der Waals surface area contributed by atoms with Crippen LogP contribution in [0, 0.1) is 72.8 Å². The number of hydrogen-bond donors (Lipinski definition) is 0. The normalized spacial score (nSPS) is 10.8. The van der Waals surface area contributed by atoms with Crippen molar-refractivity contribution in [3.8, 4) is 23.0 Å². The van der Waals surface area contributed by atoms with E-state index < -0.39 is 0 Å². The van der Waals surface area contributed by atoms with E-state index in [4.69, 9.17) is 33.9 Å². The van der Waals surface area contributed by atoms with Gasteiger partial charge in [-0.25, -0.2) is 4.98 Å². The lowest BCUT2D eigenvalue weighted by atomic mass is 9.92. The van der Waals surface area contributed by atoms with Gasteiger partial charge in [0, 0.05) is 77.0 Å². The van der Waals surface area contributed by atoms with Crippen molar-refractivity contribution in [2.45, 2.75) is 287 Å². The summed E-state index contributed by atoms with van der Waals surface area (Å²) in [6.45, 7) is 20.6. The Labute approximate surface area is 744 Å². The van der Waals surface area contributed by atoms with E-state index in [1.54, 1.807) is 0 Å². The predicted octanol–water partition coefficient (Wildman–Crippen LogP) is 32.6. The van der Waals surface area contributed by atoms with Crippen molar-refractivity contribution in [1.29, 1.82) is 0 Å². The molecule has 0 aliphatic rings. The summed E-state index contributed by atoms with van der Waals surface area (Å²) in [7, 11) is 0. The van der Waals surface area contributed by atoms with Crippen LogP contribution in [0.3, 0.4) is 0 Å². The molecule has 0 saturated carbocycles. The quantitative estimate of drug-likeness (QED) is 0.0352. The largest absolute Gasteiger partial charge is 0.494 e. The van der Waals surface area contributed by atoms with Crippen LogP contribution >= 0.6 is 0 Å². The van der Waals surface area contributed by atoms with Crippen LogP contribution in [-0.2, 0) is 25.7 Å². The molecular formula is C117H133N3O4. The molecule has 0 radical (unpaired) electrons. The average molecular weight is 1650 g/mol. The molecule has 10 heterocycles. The maximum atomic E-state index is 6.63. The first-order valence-corrected chi connectivity index (χ1v) is 47.7. The van der Waals surface area contributed by atoms with Gasteiger partial charge in [0.25, 0.3) is 0 Å². The minimum atomic E-state index is 0.611. The molecule has 0 amide bonds. The predicted molar refractivity (Wildman–Crippen MR) is 525 cm³/mol. The third-order valence-corrected chi connectivity index (χ3v) is 22.9. The van der Waals surface area contributed by atoms with Gasteiger partial charge in [0.1, 0.15) is 23.0 Å². The van der Waals surface area contributed by atoms with E-state index in [0.717, 1.165) is 238 Å². The van der Waals surface area contributed by atoms with Gasteiger partial charge in [-0.2, -0.15) is 0 Å². The monoisotopic (exact) mass is 1640 g/mol. The summed E-state index contributed by atoms with van der Waals surface area (Å²) in [4.78, 5) is 14.9. The highest BCUT2D eigenvalue weighted by atomic mass is 16.5. The Kier molecular flexibility index (Phi) is 39.8. The molecule has 0 spiro atoms. The smallest absolute Gasteiger partial charge is 0.121 e. The van der Waals surface area contributed by atoms with E-state index >= 15 is 0 Å². The number of benzene rings is 7. The van der Waals surface area contributed by atoms with Gasteiger partial charge in [-0.15, -0.1) is 0 Å². The minimum absolute atomic E-state index is 0.611. The van der Waals surface area contributed by atoms with E-state index in [2.05, 4.69) is 225 Å². The van der Waals surface area contributed by atoms with Crippen molar-refractivity contribution in [3.05, 3.63) is 271 Å². The number of nitrogens with zero attached hydrogens (tertiary/aromatic N) is 3. The molecule has 0 saturated heterocycles. The Morgan fingerprint density at radius 1 is 0.218 bits per heavy atom. The fourth-order valence-corrected chi connectivity index (χ4v) is 15.8. The van der Waals surface area contributed by atoms with Gasteiger partial charge in [0.2, 0.25) is 0 Å². The SMILES string of the molecule is CCCCCCOc1cc2c#cc3ccc(nc3)c3cccc(n3)c3ccc(c#cc4cc(OCCCCCC)cc(c#cc5cc(OCCCCCC)cc(c#cc6cc(CCCCCC)c(cc6CCCCCC)c6cccc(c6)c6cc(CCCCCC)c(c#cc7cc(OCCCCCC)cc(c#cc(c1)c2)c7)cc6CCCCCC)c5)c4)cn3. The van der Waals surface area contributed by atoms with E-state index in [1.165, 1.54) is 147 Å². The van der Waals surface area contributed by atoms with Gasteiger partial charge < -0.3 is 18.9 Å². The van der Waals surface area contributed by atoms with E-state index in [-0.39, 0.29) is 0 Å². The Bertz CT molecular complexity index is 5330. The molecular weight excluding hydrogens is 1510 g/mol. The van der Waals surface area contributed by atoms with Crippen molar-refractivity contribution >= 4 is 108 Å². The molecule has 0 atom stereocenters. The van der Waals surface area contributed by atoms with Crippen molar-refractivity contribution in [3.63, 3.8) is 0 Å². The molecule has 17 aromatic rings. The van der Waals surface area contributed by atoms with Gasteiger partial charge in [-0.05, 0) is 260 Å². The van der Waals surface area contributed by atoms with Crippen LogP contribution in [0.15, 0.2) is 176 Å². The number of rotatable bonds is 44.